The minimum absolute atomic E-state index is 0.0190. The van der Waals surface area contributed by atoms with Gasteiger partial charge >= 0.3 is 0 Å². The SMILES string of the molecule is CC(=O)c1nccc(-c2ccc(F)c(Cl)c2)n1. The number of ketones is 1. The molecule has 0 saturated heterocycles. The number of carbonyl (C=O) groups is 1. The first-order valence-corrected chi connectivity index (χ1v) is 5.25. The van der Waals surface area contributed by atoms with Gasteiger partial charge in [0.1, 0.15) is 5.82 Å². The fraction of sp³-hybridized carbons (Fsp3) is 0.0833. The zero-order valence-corrected chi connectivity index (χ0v) is 9.70. The number of carbonyl (C=O) groups excluding carboxylic acids is 1. The molecule has 0 amide bonds. The van der Waals surface area contributed by atoms with E-state index in [0.717, 1.165) is 0 Å². The van der Waals surface area contributed by atoms with Crippen LogP contribution in [0, 0.1) is 5.82 Å². The van der Waals surface area contributed by atoms with Crippen LogP contribution in [0.1, 0.15) is 17.5 Å². The molecule has 0 saturated carbocycles. The van der Waals surface area contributed by atoms with Gasteiger partial charge in [0.25, 0.3) is 0 Å². The van der Waals surface area contributed by atoms with E-state index in [1.807, 2.05) is 0 Å². The Kier molecular flexibility index (Phi) is 3.15. The van der Waals surface area contributed by atoms with E-state index in [0.29, 0.717) is 11.3 Å². The van der Waals surface area contributed by atoms with E-state index in [9.17, 15) is 9.18 Å². The third-order valence-electron chi connectivity index (χ3n) is 2.19. The molecule has 1 aromatic heterocycles. The van der Waals surface area contributed by atoms with Gasteiger partial charge in [0, 0.05) is 18.7 Å². The molecule has 1 aromatic carbocycles. The zero-order valence-electron chi connectivity index (χ0n) is 8.95. The van der Waals surface area contributed by atoms with E-state index in [4.69, 9.17) is 11.6 Å². The molecule has 2 aromatic rings. The van der Waals surface area contributed by atoms with Crippen LogP contribution in [-0.2, 0) is 0 Å². The summed E-state index contributed by atoms with van der Waals surface area (Å²) in [4.78, 5) is 19.0. The van der Waals surface area contributed by atoms with Crippen molar-refractivity contribution in [2.75, 3.05) is 0 Å². The number of nitrogens with zero attached hydrogens (tertiary/aromatic N) is 2. The van der Waals surface area contributed by atoms with Crippen molar-refractivity contribution in [2.45, 2.75) is 6.92 Å². The number of hydrogen-bond donors (Lipinski definition) is 0. The Labute approximate surface area is 102 Å². The monoisotopic (exact) mass is 250 g/mol. The summed E-state index contributed by atoms with van der Waals surface area (Å²) in [6.45, 7) is 1.39. The summed E-state index contributed by atoms with van der Waals surface area (Å²) < 4.78 is 13.0. The van der Waals surface area contributed by atoms with Crippen molar-refractivity contribution < 1.29 is 9.18 Å². The maximum Gasteiger partial charge on any atom is 0.196 e. The molecule has 0 atom stereocenters. The third kappa shape index (κ3) is 2.47. The van der Waals surface area contributed by atoms with E-state index < -0.39 is 5.82 Å². The van der Waals surface area contributed by atoms with Crippen LogP contribution in [0.15, 0.2) is 30.5 Å². The Hall–Kier alpha value is -1.81. The molecule has 2 rings (SSSR count). The summed E-state index contributed by atoms with van der Waals surface area (Å²) in [5.74, 6) is -0.584. The molecule has 0 N–H and O–H groups in total. The lowest BCUT2D eigenvalue weighted by Gasteiger charge is -2.03. The Morgan fingerprint density at radius 3 is 2.76 bits per heavy atom. The van der Waals surface area contributed by atoms with Gasteiger partial charge in [-0.2, -0.15) is 0 Å². The number of halogens is 2. The van der Waals surface area contributed by atoms with E-state index >= 15 is 0 Å². The number of benzene rings is 1. The normalized spacial score (nSPS) is 10.3. The van der Waals surface area contributed by atoms with Gasteiger partial charge in [-0.1, -0.05) is 11.6 Å². The Bertz CT molecular complexity index is 586. The molecule has 0 radical (unpaired) electrons. The molecule has 3 nitrogen and oxygen atoms in total. The zero-order chi connectivity index (χ0) is 12.4. The summed E-state index contributed by atoms with van der Waals surface area (Å²) in [6.07, 6.45) is 1.48. The molecule has 0 fully saturated rings. The van der Waals surface area contributed by atoms with Gasteiger partial charge in [-0.3, -0.25) is 4.79 Å². The first kappa shape index (κ1) is 11.7. The van der Waals surface area contributed by atoms with Gasteiger partial charge in [-0.05, 0) is 24.3 Å². The molecule has 1 heterocycles. The maximum atomic E-state index is 13.0. The first-order chi connectivity index (χ1) is 8.08. The van der Waals surface area contributed by atoms with Crippen LogP contribution in [0.5, 0.6) is 0 Å². The van der Waals surface area contributed by atoms with Gasteiger partial charge < -0.3 is 0 Å². The predicted octanol–water partition coefficient (Wildman–Crippen LogP) is 3.14. The number of Topliss-reactive ketones (excluding diaryl/α,β-unsaturated/α-hetero) is 1. The summed E-state index contributed by atoms with van der Waals surface area (Å²) in [5.41, 5.74) is 1.17. The molecule has 17 heavy (non-hydrogen) atoms. The van der Waals surface area contributed by atoms with Gasteiger partial charge in [0.05, 0.1) is 10.7 Å². The van der Waals surface area contributed by atoms with Crippen molar-refractivity contribution in [3.8, 4) is 11.3 Å². The molecule has 0 spiro atoms. The molecule has 0 unspecified atom stereocenters. The highest BCUT2D eigenvalue weighted by molar-refractivity contribution is 6.31. The standard InChI is InChI=1S/C12H8ClFN2O/c1-7(17)12-15-5-4-11(16-12)8-2-3-10(14)9(13)6-8/h2-6H,1H3. The molecule has 0 bridgehead atoms. The molecule has 0 aliphatic carbocycles. The maximum absolute atomic E-state index is 13.0. The van der Waals surface area contributed by atoms with Crippen molar-refractivity contribution in [1.82, 2.24) is 9.97 Å². The quantitative estimate of drug-likeness (QED) is 0.769. The summed E-state index contributed by atoms with van der Waals surface area (Å²) >= 11 is 5.68. The van der Waals surface area contributed by atoms with Crippen molar-refractivity contribution in [3.63, 3.8) is 0 Å². The number of hydrogen-bond acceptors (Lipinski definition) is 3. The minimum Gasteiger partial charge on any atom is -0.291 e. The summed E-state index contributed by atoms with van der Waals surface area (Å²) in [5, 5.41) is 0.0190. The molecule has 0 aliphatic rings. The number of aromatic nitrogens is 2. The Morgan fingerprint density at radius 1 is 1.35 bits per heavy atom. The second kappa shape index (κ2) is 4.59. The predicted molar refractivity (Wildman–Crippen MR) is 62.4 cm³/mol. The van der Waals surface area contributed by atoms with Crippen LogP contribution >= 0.6 is 11.6 Å². The lowest BCUT2D eigenvalue weighted by Crippen LogP contribution is -2.01. The molecule has 0 aliphatic heterocycles. The summed E-state index contributed by atoms with van der Waals surface area (Å²) in [7, 11) is 0. The fourth-order valence-corrected chi connectivity index (χ4v) is 1.53. The van der Waals surface area contributed by atoms with E-state index in [-0.39, 0.29) is 16.6 Å². The topological polar surface area (TPSA) is 42.9 Å². The lowest BCUT2D eigenvalue weighted by atomic mass is 10.1. The third-order valence-corrected chi connectivity index (χ3v) is 2.48. The van der Waals surface area contributed by atoms with Gasteiger partial charge in [-0.25, -0.2) is 14.4 Å². The lowest BCUT2D eigenvalue weighted by molar-refractivity contribution is 0.100. The second-order valence-corrected chi connectivity index (χ2v) is 3.86. The largest absolute Gasteiger partial charge is 0.291 e. The van der Waals surface area contributed by atoms with Gasteiger partial charge in [0.2, 0.25) is 0 Å². The van der Waals surface area contributed by atoms with Crippen molar-refractivity contribution in [3.05, 3.63) is 47.1 Å². The van der Waals surface area contributed by atoms with Crippen LogP contribution in [-0.4, -0.2) is 15.8 Å². The highest BCUT2D eigenvalue weighted by atomic mass is 35.5. The smallest absolute Gasteiger partial charge is 0.196 e. The van der Waals surface area contributed by atoms with Crippen LogP contribution in [0.2, 0.25) is 5.02 Å². The van der Waals surface area contributed by atoms with Crippen LogP contribution in [0.3, 0.4) is 0 Å². The fourth-order valence-electron chi connectivity index (χ4n) is 1.34. The van der Waals surface area contributed by atoms with Crippen molar-refractivity contribution in [1.29, 1.82) is 0 Å². The van der Waals surface area contributed by atoms with E-state index in [1.165, 1.54) is 25.3 Å². The highest BCUT2D eigenvalue weighted by Crippen LogP contribution is 2.23. The molecule has 5 heteroatoms. The highest BCUT2D eigenvalue weighted by Gasteiger charge is 2.07. The van der Waals surface area contributed by atoms with Crippen LogP contribution in [0.4, 0.5) is 4.39 Å². The Balaban J connectivity index is 2.49. The van der Waals surface area contributed by atoms with E-state index in [2.05, 4.69) is 9.97 Å². The minimum atomic E-state index is -0.490. The summed E-state index contributed by atoms with van der Waals surface area (Å²) in [6, 6.07) is 5.90. The molecular weight excluding hydrogens is 243 g/mol. The van der Waals surface area contributed by atoms with Crippen LogP contribution < -0.4 is 0 Å². The molecule has 86 valence electrons. The van der Waals surface area contributed by atoms with E-state index in [1.54, 1.807) is 12.1 Å². The second-order valence-electron chi connectivity index (χ2n) is 3.45. The van der Waals surface area contributed by atoms with Crippen LogP contribution in [0.25, 0.3) is 11.3 Å². The molecular formula is C12H8ClFN2O. The van der Waals surface area contributed by atoms with Crippen molar-refractivity contribution >= 4 is 17.4 Å². The average molecular weight is 251 g/mol. The van der Waals surface area contributed by atoms with Gasteiger partial charge in [-0.15, -0.1) is 0 Å². The first-order valence-electron chi connectivity index (χ1n) is 4.87. The van der Waals surface area contributed by atoms with Gasteiger partial charge in [0.15, 0.2) is 11.6 Å². The number of rotatable bonds is 2. The van der Waals surface area contributed by atoms with Crippen molar-refractivity contribution in [2.24, 2.45) is 0 Å². The Morgan fingerprint density at radius 2 is 2.12 bits per heavy atom. The average Bonchev–Trinajstić information content (AvgIpc) is 2.33.